The zero-order chi connectivity index (χ0) is 28.5. The number of hydrogen-bond donors (Lipinski definition) is 3. The van der Waals surface area contributed by atoms with E-state index in [0.29, 0.717) is 27.4 Å². The minimum atomic E-state index is -3.88. The van der Waals surface area contributed by atoms with E-state index in [1.54, 1.807) is 42.6 Å². The lowest BCUT2D eigenvalue weighted by Gasteiger charge is -2.11. The van der Waals surface area contributed by atoms with E-state index in [2.05, 4.69) is 20.6 Å². The summed E-state index contributed by atoms with van der Waals surface area (Å²) in [5.41, 5.74) is 1.77. The Morgan fingerprint density at radius 2 is 2.00 bits per heavy atom. The number of alkyl halides is 1. The second-order valence-corrected chi connectivity index (χ2v) is 11.3. The van der Waals surface area contributed by atoms with Gasteiger partial charge in [0.25, 0.3) is 10.0 Å². The van der Waals surface area contributed by atoms with Crippen molar-refractivity contribution >= 4 is 37.5 Å². The van der Waals surface area contributed by atoms with E-state index in [-0.39, 0.29) is 49.8 Å². The van der Waals surface area contributed by atoms with Crippen LogP contribution in [0.25, 0.3) is 10.2 Å². The number of aliphatic hydroxyl groups excluding tert-OH is 1. The number of nitrogens with one attached hydrogen (secondary N) is 1. The minimum Gasteiger partial charge on any atom is -0.491 e. The average Bonchev–Trinajstić information content (AvgIpc) is 3.57. The average molecular weight is 595 g/mol. The van der Waals surface area contributed by atoms with Crippen LogP contribution < -0.4 is 19.9 Å². The summed E-state index contributed by atoms with van der Waals surface area (Å²) >= 11 is 0.975. The summed E-state index contributed by atoms with van der Waals surface area (Å²) in [7, 11) is -3.88. The van der Waals surface area contributed by atoms with Gasteiger partial charge in [0.1, 0.15) is 49.7 Å². The number of benzene rings is 2. The lowest BCUT2D eigenvalue weighted by atomic mass is 10.2. The molecule has 13 nitrogen and oxygen atoms in total. The molecular formula is C24H27FN6O7S2. The van der Waals surface area contributed by atoms with Crippen molar-refractivity contribution in [2.45, 2.75) is 30.2 Å². The van der Waals surface area contributed by atoms with E-state index >= 15 is 0 Å². The molecule has 1 atom stereocenters. The molecule has 0 aliphatic rings. The number of halogens is 1. The van der Waals surface area contributed by atoms with Gasteiger partial charge in [0, 0.05) is 12.6 Å². The number of hydrogen-bond acceptors (Lipinski definition) is 11. The molecule has 0 aliphatic heterocycles. The highest BCUT2D eigenvalue weighted by atomic mass is 32.2. The molecule has 2 heterocycles. The Kier molecular flexibility index (Phi) is 9.94. The van der Waals surface area contributed by atoms with E-state index < -0.39 is 22.8 Å². The maximum atomic E-state index is 12.3. The second-order valence-electron chi connectivity index (χ2n) is 8.52. The van der Waals surface area contributed by atoms with Gasteiger partial charge in [-0.25, -0.2) is 27.6 Å². The third-order valence-corrected chi connectivity index (χ3v) is 7.57. The van der Waals surface area contributed by atoms with Crippen LogP contribution in [0.4, 0.5) is 4.39 Å². The summed E-state index contributed by atoms with van der Waals surface area (Å²) in [6.07, 6.45) is 0.418. The van der Waals surface area contributed by atoms with Crippen LogP contribution in [0.5, 0.6) is 11.5 Å². The number of carbonyl (C=O) groups excluding carboxylic acids is 1. The molecule has 2 aromatic carbocycles. The summed E-state index contributed by atoms with van der Waals surface area (Å²) in [4.78, 5) is 16.2. The number of aromatic nitrogens is 4. The first-order chi connectivity index (χ1) is 19.2. The molecule has 2 aromatic heterocycles. The number of thiazole rings is 1. The number of nitrogens with two attached hydrogens (primary N) is 1. The monoisotopic (exact) mass is 594 g/mol. The number of nitrogens with zero attached hydrogens (tertiary/aromatic N) is 4. The van der Waals surface area contributed by atoms with Crippen LogP contribution in [0.2, 0.25) is 0 Å². The first-order valence-electron chi connectivity index (χ1n) is 11.9. The van der Waals surface area contributed by atoms with Crippen molar-refractivity contribution in [2.24, 2.45) is 5.14 Å². The Morgan fingerprint density at radius 3 is 2.80 bits per heavy atom. The molecule has 0 bridgehead atoms. The summed E-state index contributed by atoms with van der Waals surface area (Å²) in [6.45, 7) is -0.128. The Hall–Kier alpha value is -3.70. The summed E-state index contributed by atoms with van der Waals surface area (Å²) < 4.78 is 53.8. The third kappa shape index (κ3) is 8.65. The first-order valence-corrected chi connectivity index (χ1v) is 14.3. The van der Waals surface area contributed by atoms with Crippen molar-refractivity contribution in [3.63, 3.8) is 0 Å². The first kappa shape index (κ1) is 29.3. The molecule has 0 radical (unpaired) electrons. The van der Waals surface area contributed by atoms with Crippen LogP contribution in [0.1, 0.15) is 11.3 Å². The van der Waals surface area contributed by atoms with E-state index in [1.165, 1.54) is 4.68 Å². The summed E-state index contributed by atoms with van der Waals surface area (Å²) in [6, 6.07) is 12.0. The lowest BCUT2D eigenvalue weighted by Crippen LogP contribution is -2.30. The van der Waals surface area contributed by atoms with Crippen LogP contribution in [0.15, 0.2) is 53.0 Å². The zero-order valence-corrected chi connectivity index (χ0v) is 22.7. The number of primary sulfonamides is 1. The van der Waals surface area contributed by atoms with Gasteiger partial charge in [0.05, 0.1) is 29.6 Å². The topological polar surface area (TPSA) is 181 Å². The van der Waals surface area contributed by atoms with Crippen LogP contribution >= 0.6 is 11.3 Å². The van der Waals surface area contributed by atoms with E-state index in [4.69, 9.17) is 19.3 Å². The number of amides is 1. The molecule has 0 fully saturated rings. The number of fused-ring (bicyclic) bond motifs is 1. The van der Waals surface area contributed by atoms with Gasteiger partial charge < -0.3 is 24.6 Å². The number of sulfonamides is 1. The van der Waals surface area contributed by atoms with Crippen LogP contribution in [0, 0.1) is 0 Å². The number of aliphatic hydroxyl groups is 1. The van der Waals surface area contributed by atoms with Gasteiger partial charge in [-0.15, -0.1) is 16.4 Å². The van der Waals surface area contributed by atoms with Crippen LogP contribution in [-0.4, -0.2) is 71.9 Å². The molecule has 1 amide bonds. The largest absolute Gasteiger partial charge is 0.491 e. The van der Waals surface area contributed by atoms with Gasteiger partial charge in [-0.05, 0) is 29.8 Å². The molecule has 4 rings (SSSR count). The van der Waals surface area contributed by atoms with Crippen molar-refractivity contribution < 1.29 is 36.9 Å². The van der Waals surface area contributed by atoms with E-state index in [0.717, 1.165) is 16.9 Å². The SMILES string of the molecule is NS(=O)(=O)c1nc2cc(OCc3cn(CC(=O)NCCOCc4cccc(OCC(O)CF)c4)nn3)ccc2s1. The van der Waals surface area contributed by atoms with Gasteiger partial charge in [-0.3, -0.25) is 4.79 Å². The molecule has 4 aromatic rings. The van der Waals surface area contributed by atoms with Gasteiger partial charge in [0.2, 0.25) is 10.2 Å². The fourth-order valence-corrected chi connectivity index (χ4v) is 4.99. The number of carbonyl (C=O) groups is 1. The molecular weight excluding hydrogens is 567 g/mol. The highest BCUT2D eigenvalue weighted by Gasteiger charge is 2.15. The van der Waals surface area contributed by atoms with Gasteiger partial charge in [0.15, 0.2) is 0 Å². The van der Waals surface area contributed by atoms with Crippen molar-refractivity contribution in [3.8, 4) is 11.5 Å². The zero-order valence-electron chi connectivity index (χ0n) is 21.1. The molecule has 1 unspecified atom stereocenters. The molecule has 0 aliphatic carbocycles. The maximum Gasteiger partial charge on any atom is 0.265 e. The van der Waals surface area contributed by atoms with Crippen molar-refractivity contribution in [3.05, 3.63) is 59.9 Å². The fraction of sp³-hybridized carbons (Fsp3) is 0.333. The lowest BCUT2D eigenvalue weighted by molar-refractivity contribution is -0.122. The van der Waals surface area contributed by atoms with E-state index in [9.17, 15) is 22.7 Å². The van der Waals surface area contributed by atoms with Crippen molar-refractivity contribution in [1.82, 2.24) is 25.3 Å². The Bertz CT molecular complexity index is 1550. The molecule has 40 heavy (non-hydrogen) atoms. The predicted octanol–water partition coefficient (Wildman–Crippen LogP) is 1.16. The predicted molar refractivity (Wildman–Crippen MR) is 142 cm³/mol. The van der Waals surface area contributed by atoms with Gasteiger partial charge in [-0.1, -0.05) is 17.3 Å². The van der Waals surface area contributed by atoms with E-state index in [1.807, 2.05) is 6.07 Å². The molecule has 0 spiro atoms. The highest BCUT2D eigenvalue weighted by Crippen LogP contribution is 2.28. The van der Waals surface area contributed by atoms with Crippen LogP contribution in [0.3, 0.4) is 0 Å². The number of ether oxygens (including phenoxy) is 3. The normalized spacial score (nSPS) is 12.4. The van der Waals surface area contributed by atoms with Crippen LogP contribution in [-0.2, 0) is 39.3 Å². The second kappa shape index (κ2) is 13.6. The molecule has 214 valence electrons. The summed E-state index contributed by atoms with van der Waals surface area (Å²) in [5.74, 6) is 0.683. The highest BCUT2D eigenvalue weighted by molar-refractivity contribution is 7.91. The number of rotatable bonds is 15. The third-order valence-electron chi connectivity index (χ3n) is 5.22. The van der Waals surface area contributed by atoms with Gasteiger partial charge in [-0.2, -0.15) is 0 Å². The van der Waals surface area contributed by atoms with Crippen molar-refractivity contribution in [1.29, 1.82) is 0 Å². The fourth-order valence-electron chi connectivity index (χ4n) is 3.35. The Balaban J connectivity index is 1.15. The quantitative estimate of drug-likeness (QED) is 0.169. The molecule has 16 heteroatoms. The maximum absolute atomic E-state index is 12.3. The smallest absolute Gasteiger partial charge is 0.265 e. The van der Waals surface area contributed by atoms with Gasteiger partial charge >= 0.3 is 0 Å². The molecule has 4 N–H and O–H groups in total. The Morgan fingerprint density at radius 1 is 1.18 bits per heavy atom. The standard InChI is InChI=1S/C24H27FN6O7S2/c25-10-18(32)15-38-19-3-1-2-16(8-19)13-36-7-6-27-23(33)12-31-11-17(29-30-31)14-37-20-4-5-22-21(9-20)28-24(39-22)40(26,34)35/h1-5,8-9,11,18,32H,6-7,10,12-15H2,(H,27,33)(H2,26,34,35). The minimum absolute atomic E-state index is 0.0434. The summed E-state index contributed by atoms with van der Waals surface area (Å²) in [5, 5.41) is 25.0. The Labute approximate surface area is 232 Å². The van der Waals surface area contributed by atoms with Crippen molar-refractivity contribution in [2.75, 3.05) is 26.4 Å². The molecule has 0 saturated carbocycles. The molecule has 0 saturated heterocycles.